The molecule has 25 heavy (non-hydrogen) atoms. The number of hydrogen-bond acceptors (Lipinski definition) is 6. The van der Waals surface area contributed by atoms with Crippen molar-refractivity contribution in [1.82, 2.24) is 20.2 Å². The molecular formula is C17H14ClN5OS. The Hall–Kier alpha value is -2.48. The van der Waals surface area contributed by atoms with Gasteiger partial charge in [0.1, 0.15) is 0 Å². The maximum Gasteiger partial charge on any atom is 0.188 e. The number of aromatic amines is 1. The number of rotatable bonds is 5. The average molecular weight is 372 g/mol. The molecule has 0 saturated heterocycles. The van der Waals surface area contributed by atoms with Gasteiger partial charge in [0.2, 0.25) is 0 Å². The average Bonchev–Trinajstić information content (AvgIpc) is 3.23. The summed E-state index contributed by atoms with van der Waals surface area (Å²) in [6.45, 7) is 0.112. The molecular weight excluding hydrogens is 358 g/mol. The van der Waals surface area contributed by atoms with E-state index in [1.807, 2.05) is 30.3 Å². The number of hydrogen-bond donors (Lipinski definition) is 3. The third kappa shape index (κ3) is 3.21. The molecule has 0 aliphatic carbocycles. The van der Waals surface area contributed by atoms with Gasteiger partial charge in [-0.3, -0.25) is 10.1 Å². The first-order valence-electron chi connectivity index (χ1n) is 7.66. The van der Waals surface area contributed by atoms with Gasteiger partial charge in [0.25, 0.3) is 0 Å². The summed E-state index contributed by atoms with van der Waals surface area (Å²) in [5.74, 6) is 0.689. The summed E-state index contributed by atoms with van der Waals surface area (Å²) in [5.41, 5.74) is 2.56. The molecule has 3 heterocycles. The number of benzene rings is 1. The predicted octanol–water partition coefficient (Wildman–Crippen LogP) is 4.01. The molecule has 0 aliphatic rings. The summed E-state index contributed by atoms with van der Waals surface area (Å²) in [4.78, 5) is 9.70. The Balaban J connectivity index is 1.70. The molecule has 0 spiro atoms. The summed E-state index contributed by atoms with van der Waals surface area (Å²) in [7, 11) is 0. The third-order valence-electron chi connectivity index (χ3n) is 3.73. The van der Waals surface area contributed by atoms with Gasteiger partial charge in [-0.05, 0) is 24.3 Å². The van der Waals surface area contributed by atoms with Gasteiger partial charge < -0.3 is 10.4 Å². The van der Waals surface area contributed by atoms with Crippen molar-refractivity contribution < 1.29 is 5.11 Å². The Bertz CT molecular complexity index is 1030. The molecule has 0 radical (unpaired) electrons. The van der Waals surface area contributed by atoms with Crippen LogP contribution in [-0.2, 0) is 6.42 Å². The van der Waals surface area contributed by atoms with E-state index >= 15 is 0 Å². The quantitative estimate of drug-likeness (QED) is 0.493. The molecule has 0 unspecified atom stereocenters. The van der Waals surface area contributed by atoms with Crippen LogP contribution in [0, 0.1) is 0 Å². The minimum atomic E-state index is 0.112. The Morgan fingerprint density at radius 3 is 3.00 bits per heavy atom. The van der Waals surface area contributed by atoms with Gasteiger partial charge in [0.05, 0.1) is 16.2 Å². The fourth-order valence-electron chi connectivity index (χ4n) is 2.55. The van der Waals surface area contributed by atoms with Crippen molar-refractivity contribution in [2.45, 2.75) is 6.42 Å². The van der Waals surface area contributed by atoms with Crippen LogP contribution in [0.3, 0.4) is 0 Å². The van der Waals surface area contributed by atoms with Crippen molar-refractivity contribution in [3.63, 3.8) is 0 Å². The number of aliphatic hydroxyl groups is 1. The minimum Gasteiger partial charge on any atom is -0.396 e. The first-order chi connectivity index (χ1) is 12.2. The lowest BCUT2D eigenvalue weighted by Gasteiger charge is -2.04. The number of halogens is 1. The van der Waals surface area contributed by atoms with Crippen molar-refractivity contribution in [3.8, 4) is 11.3 Å². The van der Waals surface area contributed by atoms with Gasteiger partial charge in [-0.25, -0.2) is 4.98 Å². The van der Waals surface area contributed by atoms with Gasteiger partial charge in [0, 0.05) is 41.2 Å². The van der Waals surface area contributed by atoms with Crippen molar-refractivity contribution in [1.29, 1.82) is 0 Å². The van der Waals surface area contributed by atoms with Crippen LogP contribution in [0.2, 0.25) is 5.02 Å². The molecule has 4 rings (SSSR count). The topological polar surface area (TPSA) is 86.7 Å². The lowest BCUT2D eigenvalue weighted by molar-refractivity contribution is 0.300. The van der Waals surface area contributed by atoms with Crippen LogP contribution in [0.5, 0.6) is 0 Å². The van der Waals surface area contributed by atoms with E-state index in [1.54, 1.807) is 12.4 Å². The summed E-state index contributed by atoms with van der Waals surface area (Å²) in [6.07, 6.45) is 4.08. The van der Waals surface area contributed by atoms with Crippen LogP contribution in [0.4, 0.5) is 10.9 Å². The molecule has 3 N–H and O–H groups in total. The van der Waals surface area contributed by atoms with Crippen LogP contribution < -0.4 is 5.32 Å². The number of nitrogens with one attached hydrogen (secondary N) is 2. The van der Waals surface area contributed by atoms with Crippen LogP contribution in [0.15, 0.2) is 42.7 Å². The zero-order valence-corrected chi connectivity index (χ0v) is 14.6. The number of thiazole rings is 1. The molecule has 0 amide bonds. The largest absolute Gasteiger partial charge is 0.396 e. The zero-order valence-electron chi connectivity index (χ0n) is 13.0. The van der Waals surface area contributed by atoms with E-state index in [0.717, 1.165) is 32.2 Å². The molecule has 0 bridgehead atoms. The van der Waals surface area contributed by atoms with Crippen LogP contribution in [-0.4, -0.2) is 31.9 Å². The minimum absolute atomic E-state index is 0.112. The summed E-state index contributed by atoms with van der Waals surface area (Å²) < 4.78 is 0. The Morgan fingerprint density at radius 1 is 1.24 bits per heavy atom. The van der Waals surface area contributed by atoms with E-state index in [0.29, 0.717) is 17.3 Å². The van der Waals surface area contributed by atoms with Crippen LogP contribution >= 0.6 is 22.9 Å². The number of H-pyrrole nitrogens is 1. The van der Waals surface area contributed by atoms with Gasteiger partial charge >= 0.3 is 0 Å². The lowest BCUT2D eigenvalue weighted by atomic mass is 10.1. The smallest absolute Gasteiger partial charge is 0.188 e. The number of nitrogens with zero attached hydrogens (tertiary/aromatic N) is 3. The van der Waals surface area contributed by atoms with E-state index in [9.17, 15) is 0 Å². The molecule has 126 valence electrons. The van der Waals surface area contributed by atoms with Crippen molar-refractivity contribution in [3.05, 3.63) is 52.6 Å². The van der Waals surface area contributed by atoms with E-state index < -0.39 is 0 Å². The second-order valence-corrected chi connectivity index (χ2v) is 6.92. The highest BCUT2D eigenvalue weighted by molar-refractivity contribution is 7.15. The molecule has 3 aromatic heterocycles. The molecule has 1 aromatic carbocycles. The van der Waals surface area contributed by atoms with Gasteiger partial charge in [-0.1, -0.05) is 17.7 Å². The molecule has 0 saturated carbocycles. The second kappa shape index (κ2) is 6.79. The highest BCUT2D eigenvalue weighted by Gasteiger charge is 2.11. The fourth-order valence-corrected chi connectivity index (χ4v) is 3.58. The SMILES string of the molecule is OCCc1cnc(Nc2n[nH]c3ccc(-c4ncccc4Cl)cc23)s1. The Kier molecular flexibility index (Phi) is 4.35. The number of fused-ring (bicyclic) bond motifs is 1. The van der Waals surface area contributed by atoms with Crippen LogP contribution in [0.1, 0.15) is 4.88 Å². The highest BCUT2D eigenvalue weighted by atomic mass is 35.5. The van der Waals surface area contributed by atoms with E-state index in [2.05, 4.69) is 25.5 Å². The van der Waals surface area contributed by atoms with Crippen LogP contribution in [0.25, 0.3) is 22.2 Å². The fraction of sp³-hybridized carbons (Fsp3) is 0.118. The monoisotopic (exact) mass is 371 g/mol. The normalized spacial score (nSPS) is 11.1. The lowest BCUT2D eigenvalue weighted by Crippen LogP contribution is -1.90. The Morgan fingerprint density at radius 2 is 2.16 bits per heavy atom. The first-order valence-corrected chi connectivity index (χ1v) is 8.85. The highest BCUT2D eigenvalue weighted by Crippen LogP contribution is 2.32. The van der Waals surface area contributed by atoms with E-state index in [-0.39, 0.29) is 6.61 Å². The summed E-state index contributed by atoms with van der Waals surface area (Å²) in [5, 5.41) is 21.8. The predicted molar refractivity (Wildman–Crippen MR) is 101 cm³/mol. The molecule has 8 heteroatoms. The number of pyridine rings is 1. The number of aliphatic hydroxyl groups excluding tert-OH is 1. The molecule has 6 nitrogen and oxygen atoms in total. The van der Waals surface area contributed by atoms with Gasteiger partial charge in [-0.15, -0.1) is 11.3 Å². The van der Waals surface area contributed by atoms with Gasteiger partial charge in [-0.2, -0.15) is 5.10 Å². The van der Waals surface area contributed by atoms with Crippen molar-refractivity contribution in [2.24, 2.45) is 0 Å². The second-order valence-electron chi connectivity index (χ2n) is 5.40. The third-order valence-corrected chi connectivity index (χ3v) is 5.01. The van der Waals surface area contributed by atoms with E-state index in [4.69, 9.17) is 16.7 Å². The Labute approximate surface area is 152 Å². The zero-order chi connectivity index (χ0) is 17.2. The number of anilines is 2. The summed E-state index contributed by atoms with van der Waals surface area (Å²) in [6, 6.07) is 9.54. The molecule has 0 atom stereocenters. The molecule has 0 fully saturated rings. The maximum atomic E-state index is 9.01. The van der Waals surface area contributed by atoms with Gasteiger partial charge in [0.15, 0.2) is 10.9 Å². The summed E-state index contributed by atoms with van der Waals surface area (Å²) >= 11 is 7.75. The van der Waals surface area contributed by atoms with Crippen molar-refractivity contribution >= 4 is 44.8 Å². The van der Waals surface area contributed by atoms with E-state index in [1.165, 1.54) is 11.3 Å². The standard InChI is InChI=1S/C17H14ClN5OS/c18-13-2-1-6-19-15(13)10-3-4-14-12(8-10)16(23-22-14)21-17-20-9-11(25-17)5-7-24/h1-4,6,8-9,24H,5,7H2,(H2,20,21,22,23). The maximum absolute atomic E-state index is 9.01. The first kappa shape index (κ1) is 16.0. The number of aromatic nitrogens is 4. The van der Waals surface area contributed by atoms with Crippen molar-refractivity contribution in [2.75, 3.05) is 11.9 Å². The molecule has 0 aliphatic heterocycles. The molecule has 4 aromatic rings.